The van der Waals surface area contributed by atoms with Crippen molar-refractivity contribution in [2.45, 2.75) is 44.6 Å². The van der Waals surface area contributed by atoms with Gasteiger partial charge >= 0.3 is 0 Å². The highest BCUT2D eigenvalue weighted by Gasteiger charge is 2.29. The molecule has 0 aromatic carbocycles. The summed E-state index contributed by atoms with van der Waals surface area (Å²) >= 11 is 0. The average Bonchev–Trinajstić information content (AvgIpc) is 2.62. The van der Waals surface area contributed by atoms with Gasteiger partial charge in [0.05, 0.1) is 12.1 Å². The van der Waals surface area contributed by atoms with Crippen LogP contribution in [-0.2, 0) is 0 Å². The lowest BCUT2D eigenvalue weighted by Gasteiger charge is -2.41. The van der Waals surface area contributed by atoms with Crippen LogP contribution in [0.25, 0.3) is 0 Å². The summed E-state index contributed by atoms with van der Waals surface area (Å²) in [7, 11) is 0. The first-order chi connectivity index (χ1) is 11.3. The van der Waals surface area contributed by atoms with Crippen molar-refractivity contribution in [2.75, 3.05) is 39.3 Å². The second-order valence-corrected chi connectivity index (χ2v) is 6.32. The molecular formula is C17H27N5O. The van der Waals surface area contributed by atoms with Gasteiger partial charge in [0.1, 0.15) is 5.84 Å². The number of hydrogen-bond donors (Lipinski definition) is 1. The standard InChI is InChI=1S/C17H27N5O/c18-13-15(14-19)17(20-7-4-12-23)22-10-5-16(6-11-22)21-8-2-1-3-9-21/h15-16,23H,1-12H2. The van der Waals surface area contributed by atoms with Gasteiger partial charge in [-0.3, -0.25) is 4.99 Å². The number of rotatable bonds is 5. The predicted molar refractivity (Wildman–Crippen MR) is 88.7 cm³/mol. The highest BCUT2D eigenvalue weighted by Crippen LogP contribution is 2.22. The number of likely N-dealkylation sites (tertiary alicyclic amines) is 2. The smallest absolute Gasteiger partial charge is 0.189 e. The van der Waals surface area contributed by atoms with E-state index in [1.807, 2.05) is 12.1 Å². The molecule has 0 bridgehead atoms. The van der Waals surface area contributed by atoms with Gasteiger partial charge in [-0.15, -0.1) is 0 Å². The molecule has 0 aliphatic carbocycles. The van der Waals surface area contributed by atoms with E-state index in [0.717, 1.165) is 25.9 Å². The van der Waals surface area contributed by atoms with E-state index < -0.39 is 5.92 Å². The Morgan fingerprint density at radius 3 is 2.30 bits per heavy atom. The van der Waals surface area contributed by atoms with E-state index in [1.165, 1.54) is 32.4 Å². The van der Waals surface area contributed by atoms with Crippen LogP contribution in [0.2, 0.25) is 0 Å². The van der Waals surface area contributed by atoms with Gasteiger partial charge in [-0.1, -0.05) is 6.42 Å². The van der Waals surface area contributed by atoms with Crippen LogP contribution in [0.4, 0.5) is 0 Å². The SMILES string of the molecule is N#CC(C#N)C(=NCCCO)N1CCC(N2CCCCC2)CC1. The van der Waals surface area contributed by atoms with Crippen molar-refractivity contribution in [1.29, 1.82) is 10.5 Å². The third kappa shape index (κ3) is 4.92. The van der Waals surface area contributed by atoms with E-state index in [9.17, 15) is 10.5 Å². The third-order valence-electron chi connectivity index (χ3n) is 4.80. The molecule has 0 atom stereocenters. The number of nitrogens with zero attached hydrogens (tertiary/aromatic N) is 5. The van der Waals surface area contributed by atoms with Crippen LogP contribution in [0, 0.1) is 28.6 Å². The normalized spacial score (nSPS) is 21.2. The maximum atomic E-state index is 9.20. The highest BCUT2D eigenvalue weighted by molar-refractivity contribution is 5.89. The largest absolute Gasteiger partial charge is 0.396 e. The summed E-state index contributed by atoms with van der Waals surface area (Å²) in [6, 6.07) is 4.72. The maximum Gasteiger partial charge on any atom is 0.189 e. The van der Waals surface area contributed by atoms with Crippen molar-refractivity contribution in [3.05, 3.63) is 0 Å². The fraction of sp³-hybridized carbons (Fsp3) is 0.824. The molecule has 0 amide bonds. The molecule has 2 fully saturated rings. The lowest BCUT2D eigenvalue weighted by molar-refractivity contribution is 0.114. The number of piperidine rings is 2. The minimum atomic E-state index is -0.805. The Bertz CT molecular complexity index is 450. The van der Waals surface area contributed by atoms with Crippen LogP contribution in [-0.4, -0.2) is 66.1 Å². The number of aliphatic hydroxyl groups is 1. The quantitative estimate of drug-likeness (QED) is 0.470. The summed E-state index contributed by atoms with van der Waals surface area (Å²) in [5, 5.41) is 27.3. The molecule has 2 aliphatic rings. The molecule has 0 aromatic rings. The lowest BCUT2D eigenvalue weighted by Crippen LogP contribution is -2.49. The lowest BCUT2D eigenvalue weighted by atomic mass is 9.98. The molecule has 126 valence electrons. The second-order valence-electron chi connectivity index (χ2n) is 6.32. The Kier molecular flexibility index (Phi) is 7.32. The molecule has 0 aromatic heterocycles. The topological polar surface area (TPSA) is 86.6 Å². The first-order valence-electron chi connectivity index (χ1n) is 8.73. The molecule has 23 heavy (non-hydrogen) atoms. The monoisotopic (exact) mass is 317 g/mol. The van der Waals surface area contributed by atoms with E-state index in [-0.39, 0.29) is 6.61 Å². The molecule has 6 heteroatoms. The predicted octanol–water partition coefficient (Wildman–Crippen LogP) is 1.38. The fourth-order valence-corrected chi connectivity index (χ4v) is 3.53. The summed E-state index contributed by atoms with van der Waals surface area (Å²) in [6.45, 7) is 4.69. The van der Waals surface area contributed by atoms with Gasteiger partial charge in [-0.05, 0) is 45.2 Å². The molecule has 2 heterocycles. The second kappa shape index (κ2) is 9.50. The Hall–Kier alpha value is -1.63. The molecule has 2 saturated heterocycles. The van der Waals surface area contributed by atoms with Gasteiger partial charge in [-0.25, -0.2) is 0 Å². The van der Waals surface area contributed by atoms with Crippen LogP contribution >= 0.6 is 0 Å². The first kappa shape index (κ1) is 17.7. The van der Waals surface area contributed by atoms with Crippen LogP contribution in [0.15, 0.2) is 4.99 Å². The van der Waals surface area contributed by atoms with Crippen LogP contribution in [0.3, 0.4) is 0 Å². The van der Waals surface area contributed by atoms with Crippen molar-refractivity contribution in [1.82, 2.24) is 9.80 Å². The van der Waals surface area contributed by atoms with E-state index in [4.69, 9.17) is 5.11 Å². The third-order valence-corrected chi connectivity index (χ3v) is 4.80. The summed E-state index contributed by atoms with van der Waals surface area (Å²) in [5.74, 6) is -0.208. The Labute approximate surface area is 139 Å². The van der Waals surface area contributed by atoms with E-state index >= 15 is 0 Å². The zero-order chi connectivity index (χ0) is 16.5. The summed E-state index contributed by atoms with van der Waals surface area (Å²) in [6.07, 6.45) is 6.67. The Balaban J connectivity index is 1.95. The van der Waals surface area contributed by atoms with Crippen molar-refractivity contribution in [3.63, 3.8) is 0 Å². The number of aliphatic hydroxyl groups excluding tert-OH is 1. The Morgan fingerprint density at radius 1 is 1.09 bits per heavy atom. The number of nitriles is 2. The van der Waals surface area contributed by atoms with Crippen LogP contribution < -0.4 is 0 Å². The highest BCUT2D eigenvalue weighted by atomic mass is 16.3. The van der Waals surface area contributed by atoms with Gasteiger partial charge in [0.15, 0.2) is 5.92 Å². The van der Waals surface area contributed by atoms with Crippen LogP contribution in [0.1, 0.15) is 38.5 Å². The zero-order valence-corrected chi connectivity index (χ0v) is 13.8. The fourth-order valence-electron chi connectivity index (χ4n) is 3.53. The number of aliphatic imine (C=N–C) groups is 1. The summed E-state index contributed by atoms with van der Waals surface area (Å²) in [5.41, 5.74) is 0. The summed E-state index contributed by atoms with van der Waals surface area (Å²) < 4.78 is 0. The first-order valence-corrected chi connectivity index (χ1v) is 8.73. The van der Waals surface area contributed by atoms with Gasteiger partial charge in [0.2, 0.25) is 0 Å². The van der Waals surface area contributed by atoms with Crippen molar-refractivity contribution in [3.8, 4) is 12.1 Å². The van der Waals surface area contributed by atoms with E-state index in [1.54, 1.807) is 0 Å². The van der Waals surface area contributed by atoms with E-state index in [2.05, 4.69) is 14.8 Å². The average molecular weight is 317 g/mol. The molecule has 0 saturated carbocycles. The minimum absolute atomic E-state index is 0.0809. The molecule has 0 unspecified atom stereocenters. The van der Waals surface area contributed by atoms with Gasteiger partial charge < -0.3 is 14.9 Å². The van der Waals surface area contributed by atoms with Gasteiger partial charge in [-0.2, -0.15) is 10.5 Å². The van der Waals surface area contributed by atoms with Gasteiger partial charge in [0, 0.05) is 32.3 Å². The van der Waals surface area contributed by atoms with Crippen molar-refractivity contribution >= 4 is 5.84 Å². The van der Waals surface area contributed by atoms with Crippen molar-refractivity contribution in [2.24, 2.45) is 10.9 Å². The minimum Gasteiger partial charge on any atom is -0.396 e. The summed E-state index contributed by atoms with van der Waals surface area (Å²) in [4.78, 5) is 9.15. The number of amidine groups is 1. The maximum absolute atomic E-state index is 9.20. The van der Waals surface area contributed by atoms with E-state index in [0.29, 0.717) is 24.8 Å². The molecule has 2 aliphatic heterocycles. The molecule has 1 N–H and O–H groups in total. The number of hydrogen-bond acceptors (Lipinski definition) is 5. The molecule has 6 nitrogen and oxygen atoms in total. The molecule has 0 radical (unpaired) electrons. The Morgan fingerprint density at radius 2 is 1.74 bits per heavy atom. The van der Waals surface area contributed by atoms with Gasteiger partial charge in [0.25, 0.3) is 0 Å². The van der Waals surface area contributed by atoms with Crippen LogP contribution in [0.5, 0.6) is 0 Å². The zero-order valence-electron chi connectivity index (χ0n) is 13.8. The molecular weight excluding hydrogens is 290 g/mol. The molecule has 2 rings (SSSR count). The molecule has 0 spiro atoms. The van der Waals surface area contributed by atoms with Crippen molar-refractivity contribution < 1.29 is 5.11 Å².